The summed E-state index contributed by atoms with van der Waals surface area (Å²) in [6, 6.07) is 8.63. The highest BCUT2D eigenvalue weighted by Crippen LogP contribution is 2.27. The zero-order chi connectivity index (χ0) is 22.1. The first-order valence-electron chi connectivity index (χ1n) is 9.56. The normalized spacial score (nSPS) is 11.9. The number of hydrogen-bond donors (Lipinski definition) is 4. The third kappa shape index (κ3) is 3.40. The number of aromatic nitrogens is 6. The van der Waals surface area contributed by atoms with E-state index >= 15 is 0 Å². The molecule has 156 valence electrons. The molecule has 4 aromatic rings. The van der Waals surface area contributed by atoms with Gasteiger partial charge in [-0.15, -0.1) is 0 Å². The minimum atomic E-state index is -0.499. The van der Waals surface area contributed by atoms with Gasteiger partial charge in [0, 0.05) is 6.07 Å². The van der Waals surface area contributed by atoms with Crippen LogP contribution in [0.1, 0.15) is 36.3 Å². The predicted octanol–water partition coefficient (Wildman–Crippen LogP) is 1.81. The molecule has 1 atom stereocenters. The number of nitriles is 1. The van der Waals surface area contributed by atoms with Crippen molar-refractivity contribution in [2.75, 3.05) is 16.8 Å². The second-order valence-corrected chi connectivity index (χ2v) is 6.93. The fourth-order valence-electron chi connectivity index (χ4n) is 3.43. The number of nitrogens with two attached hydrogens (primary N) is 2. The first kappa shape index (κ1) is 19.8. The number of hydrogen-bond acceptors (Lipinski definition) is 9. The van der Waals surface area contributed by atoms with Crippen LogP contribution in [0.15, 0.2) is 35.3 Å². The second-order valence-electron chi connectivity index (χ2n) is 6.93. The Morgan fingerprint density at radius 3 is 2.74 bits per heavy atom. The summed E-state index contributed by atoms with van der Waals surface area (Å²) < 4.78 is 1.47. The number of para-hydroxylation sites is 1. The summed E-state index contributed by atoms with van der Waals surface area (Å²) in [6.07, 6.45) is 2.08. The van der Waals surface area contributed by atoms with Crippen molar-refractivity contribution in [3.63, 3.8) is 0 Å². The molecule has 4 rings (SSSR count). The lowest BCUT2D eigenvalue weighted by atomic mass is 10.1. The number of nitrogens with zero attached hydrogens (tertiary/aromatic N) is 6. The molecule has 0 unspecified atom stereocenters. The monoisotopic (exact) mass is 416 g/mol. The van der Waals surface area contributed by atoms with E-state index < -0.39 is 6.04 Å². The average Bonchev–Trinajstić information content (AvgIpc) is 3.26. The van der Waals surface area contributed by atoms with Crippen LogP contribution in [0.5, 0.6) is 0 Å². The number of benzene rings is 1. The highest BCUT2D eigenvalue weighted by molar-refractivity contribution is 5.81. The minimum Gasteiger partial charge on any atom is -0.382 e. The van der Waals surface area contributed by atoms with E-state index in [4.69, 9.17) is 16.5 Å². The first-order chi connectivity index (χ1) is 14.9. The predicted molar refractivity (Wildman–Crippen MR) is 116 cm³/mol. The smallest absolute Gasteiger partial charge is 0.267 e. The summed E-state index contributed by atoms with van der Waals surface area (Å²) in [7, 11) is 0. The van der Waals surface area contributed by atoms with Crippen LogP contribution in [-0.2, 0) is 0 Å². The Bertz CT molecular complexity index is 1370. The summed E-state index contributed by atoms with van der Waals surface area (Å²) in [4.78, 5) is 26.2. The van der Waals surface area contributed by atoms with Gasteiger partial charge in [-0.1, -0.05) is 19.1 Å². The van der Waals surface area contributed by atoms with Crippen LogP contribution in [0.4, 0.5) is 17.6 Å². The fraction of sp³-hybridized carbons (Fsp3) is 0.200. The summed E-state index contributed by atoms with van der Waals surface area (Å²) in [5, 5.41) is 19.9. The summed E-state index contributed by atoms with van der Waals surface area (Å²) in [6.45, 7) is 3.82. The van der Waals surface area contributed by atoms with Crippen molar-refractivity contribution in [2.24, 2.45) is 0 Å². The zero-order valence-corrected chi connectivity index (χ0v) is 16.9. The maximum Gasteiger partial charge on any atom is 0.267 e. The van der Waals surface area contributed by atoms with Gasteiger partial charge in [0.2, 0.25) is 5.95 Å². The van der Waals surface area contributed by atoms with Crippen molar-refractivity contribution in [2.45, 2.75) is 26.3 Å². The highest BCUT2D eigenvalue weighted by Gasteiger charge is 2.23. The highest BCUT2D eigenvalue weighted by atomic mass is 16.1. The number of fused-ring (bicyclic) bond motifs is 1. The Morgan fingerprint density at radius 1 is 1.26 bits per heavy atom. The number of aromatic amines is 1. The molecule has 11 nitrogen and oxygen atoms in total. The number of rotatable bonds is 5. The van der Waals surface area contributed by atoms with Gasteiger partial charge in [0.15, 0.2) is 5.82 Å². The van der Waals surface area contributed by atoms with Crippen LogP contribution >= 0.6 is 0 Å². The van der Waals surface area contributed by atoms with Crippen LogP contribution < -0.4 is 22.3 Å². The van der Waals surface area contributed by atoms with Crippen molar-refractivity contribution in [1.29, 1.82) is 5.26 Å². The Hall–Kier alpha value is -4.46. The van der Waals surface area contributed by atoms with Gasteiger partial charge in [0.25, 0.3) is 5.56 Å². The molecule has 0 spiro atoms. The first-order valence-corrected chi connectivity index (χ1v) is 9.56. The third-order valence-electron chi connectivity index (χ3n) is 4.95. The summed E-state index contributed by atoms with van der Waals surface area (Å²) in [5.74, 6) is 0.981. The maximum absolute atomic E-state index is 13.4. The van der Waals surface area contributed by atoms with Gasteiger partial charge in [-0.2, -0.15) is 20.3 Å². The van der Waals surface area contributed by atoms with Gasteiger partial charge < -0.3 is 16.8 Å². The number of nitrogens with one attached hydrogen (secondary N) is 2. The number of anilines is 3. The third-order valence-corrected chi connectivity index (χ3v) is 4.95. The van der Waals surface area contributed by atoms with E-state index in [1.807, 2.05) is 32.0 Å². The summed E-state index contributed by atoms with van der Waals surface area (Å²) in [5.41, 5.74) is 12.9. The maximum atomic E-state index is 13.4. The molecule has 3 aromatic heterocycles. The molecule has 0 saturated carbocycles. The number of H-pyrrole nitrogens is 1. The average molecular weight is 416 g/mol. The molecule has 11 heteroatoms. The Labute approximate surface area is 176 Å². The minimum absolute atomic E-state index is 0.0272. The molecule has 3 heterocycles. The molecule has 0 aliphatic rings. The van der Waals surface area contributed by atoms with E-state index in [-0.39, 0.29) is 28.7 Å². The Balaban J connectivity index is 1.96. The molecule has 0 amide bonds. The van der Waals surface area contributed by atoms with Crippen molar-refractivity contribution in [1.82, 2.24) is 29.7 Å². The Kier molecular flexibility index (Phi) is 4.96. The molecular formula is C20H20N10O. The van der Waals surface area contributed by atoms with E-state index in [9.17, 15) is 10.1 Å². The lowest BCUT2D eigenvalue weighted by Gasteiger charge is -2.22. The molecule has 0 bridgehead atoms. The van der Waals surface area contributed by atoms with Crippen LogP contribution in [0.3, 0.4) is 0 Å². The topological polar surface area (TPSA) is 177 Å². The molecular weight excluding hydrogens is 396 g/mol. The lowest BCUT2D eigenvalue weighted by molar-refractivity contribution is 0.652. The molecule has 1 aromatic carbocycles. The van der Waals surface area contributed by atoms with Crippen molar-refractivity contribution >= 4 is 28.5 Å². The van der Waals surface area contributed by atoms with Crippen LogP contribution in [0.25, 0.3) is 16.7 Å². The fourth-order valence-corrected chi connectivity index (χ4v) is 3.43. The van der Waals surface area contributed by atoms with Gasteiger partial charge in [0.1, 0.15) is 29.1 Å². The van der Waals surface area contributed by atoms with Crippen molar-refractivity contribution < 1.29 is 0 Å². The molecule has 0 aliphatic carbocycles. The Morgan fingerprint density at radius 2 is 2.06 bits per heavy atom. The molecule has 0 saturated heterocycles. The van der Waals surface area contributed by atoms with E-state index in [1.54, 1.807) is 18.3 Å². The van der Waals surface area contributed by atoms with Gasteiger partial charge in [-0.3, -0.25) is 9.89 Å². The van der Waals surface area contributed by atoms with Gasteiger partial charge in [0.05, 0.1) is 23.1 Å². The standard InChI is InChI=1S/C20H20N10O/c1-3-13(25-17-12(9-21)16(22)27-20(23)28-17)18-26-15-10(2)5-4-6-11(15)19(31)30(18)14-7-8-24-29-14/h4-8,13H,3H2,1-2H3,(H,24,29)(H5,22,23,25,27,28)/t13-/m0/s1. The molecule has 31 heavy (non-hydrogen) atoms. The second kappa shape index (κ2) is 7.75. The lowest BCUT2D eigenvalue weighted by Crippen LogP contribution is -2.29. The van der Waals surface area contributed by atoms with Crippen molar-refractivity contribution in [3.05, 3.63) is 57.8 Å². The van der Waals surface area contributed by atoms with Crippen LogP contribution in [0.2, 0.25) is 0 Å². The molecule has 0 aliphatic heterocycles. The number of nitrogen functional groups attached to an aromatic ring is 2. The van der Waals surface area contributed by atoms with Crippen molar-refractivity contribution in [3.8, 4) is 11.9 Å². The molecule has 0 fully saturated rings. The molecule has 0 radical (unpaired) electrons. The van der Waals surface area contributed by atoms with E-state index in [0.29, 0.717) is 29.0 Å². The van der Waals surface area contributed by atoms with Gasteiger partial charge >= 0.3 is 0 Å². The quantitative estimate of drug-likeness (QED) is 0.377. The largest absolute Gasteiger partial charge is 0.382 e. The van der Waals surface area contributed by atoms with Gasteiger partial charge in [-0.25, -0.2) is 9.55 Å². The van der Waals surface area contributed by atoms with Crippen LogP contribution in [0, 0.1) is 18.3 Å². The zero-order valence-electron chi connectivity index (χ0n) is 16.9. The van der Waals surface area contributed by atoms with E-state index in [0.717, 1.165) is 5.56 Å². The van der Waals surface area contributed by atoms with Gasteiger partial charge in [-0.05, 0) is 25.0 Å². The number of aryl methyl sites for hydroxylation is 1. The van der Waals surface area contributed by atoms with E-state index in [2.05, 4.69) is 25.5 Å². The molecule has 6 N–H and O–H groups in total. The SMILES string of the molecule is CC[C@H](Nc1nc(N)nc(N)c1C#N)c1nc2c(C)cccc2c(=O)n1-c1ccn[nH]1. The summed E-state index contributed by atoms with van der Waals surface area (Å²) >= 11 is 0. The van der Waals surface area contributed by atoms with E-state index in [1.165, 1.54) is 4.57 Å². The van der Waals surface area contributed by atoms with Crippen LogP contribution in [-0.4, -0.2) is 29.7 Å².